The fraction of sp³-hybridized carbons (Fsp3) is 0.520. The number of rotatable bonds is 10. The van der Waals surface area contributed by atoms with Crippen molar-refractivity contribution in [3.8, 4) is 11.5 Å². The van der Waals surface area contributed by atoms with Gasteiger partial charge in [-0.3, -0.25) is 9.80 Å². The lowest BCUT2D eigenvalue weighted by atomic mass is 9.96. The topological polar surface area (TPSA) is 39.2 Å². The third-order valence-corrected chi connectivity index (χ3v) is 5.95. The molecule has 0 radical (unpaired) electrons. The standard InChI is InChI=1S/C25H37N3O2/c1-26(2)15-16-28(19-22-10-4-6-12-24(22)29)18-21-9-8-14-27(17-21)20-23-11-5-7-13-25(23)30-3/h4-7,10-13,21,29H,8-9,14-20H2,1-3H3/t21-/m0/s1. The van der Waals surface area contributed by atoms with Crippen molar-refractivity contribution in [2.24, 2.45) is 5.92 Å². The molecule has 1 N–H and O–H groups in total. The predicted octanol–water partition coefficient (Wildman–Crippen LogP) is 3.68. The molecule has 5 heteroatoms. The molecule has 1 heterocycles. The number of methoxy groups -OCH3 is 1. The summed E-state index contributed by atoms with van der Waals surface area (Å²) in [5.41, 5.74) is 2.28. The van der Waals surface area contributed by atoms with E-state index in [1.165, 1.54) is 18.4 Å². The first-order valence-corrected chi connectivity index (χ1v) is 11.0. The maximum absolute atomic E-state index is 10.2. The number of piperidine rings is 1. The molecule has 0 aliphatic carbocycles. The molecule has 3 rings (SSSR count). The lowest BCUT2D eigenvalue weighted by Gasteiger charge is -2.36. The van der Waals surface area contributed by atoms with Crippen LogP contribution in [0.25, 0.3) is 0 Å². The highest BCUT2D eigenvalue weighted by Crippen LogP contribution is 2.25. The maximum Gasteiger partial charge on any atom is 0.123 e. The zero-order chi connectivity index (χ0) is 21.3. The summed E-state index contributed by atoms with van der Waals surface area (Å²) >= 11 is 0. The van der Waals surface area contributed by atoms with E-state index < -0.39 is 0 Å². The van der Waals surface area contributed by atoms with Gasteiger partial charge in [0.1, 0.15) is 11.5 Å². The van der Waals surface area contributed by atoms with E-state index in [1.54, 1.807) is 13.2 Å². The van der Waals surface area contributed by atoms with Crippen molar-refractivity contribution in [1.82, 2.24) is 14.7 Å². The summed E-state index contributed by atoms with van der Waals surface area (Å²) in [4.78, 5) is 7.30. The molecule has 1 saturated heterocycles. The lowest BCUT2D eigenvalue weighted by molar-refractivity contribution is 0.119. The summed E-state index contributed by atoms with van der Waals surface area (Å²) in [5, 5.41) is 10.2. The number of hydrogen-bond acceptors (Lipinski definition) is 5. The van der Waals surface area contributed by atoms with Crippen LogP contribution in [0, 0.1) is 5.92 Å². The van der Waals surface area contributed by atoms with Crippen molar-refractivity contribution in [2.45, 2.75) is 25.9 Å². The van der Waals surface area contributed by atoms with Crippen LogP contribution in [0.1, 0.15) is 24.0 Å². The van der Waals surface area contributed by atoms with E-state index in [0.717, 1.165) is 57.1 Å². The molecular formula is C25H37N3O2. The zero-order valence-electron chi connectivity index (χ0n) is 18.8. The molecule has 164 valence electrons. The van der Waals surface area contributed by atoms with Crippen molar-refractivity contribution in [3.05, 3.63) is 59.7 Å². The molecule has 2 aromatic rings. The number of likely N-dealkylation sites (tertiary alicyclic amines) is 1. The molecule has 0 unspecified atom stereocenters. The first kappa shape index (κ1) is 22.6. The van der Waals surface area contributed by atoms with Crippen LogP contribution in [0.4, 0.5) is 0 Å². The van der Waals surface area contributed by atoms with E-state index >= 15 is 0 Å². The Morgan fingerprint density at radius 3 is 2.50 bits per heavy atom. The highest BCUT2D eigenvalue weighted by atomic mass is 16.5. The first-order valence-electron chi connectivity index (χ1n) is 11.0. The maximum atomic E-state index is 10.2. The minimum Gasteiger partial charge on any atom is -0.508 e. The summed E-state index contributed by atoms with van der Waals surface area (Å²) in [6.07, 6.45) is 2.50. The number of phenols is 1. The van der Waals surface area contributed by atoms with Crippen LogP contribution in [0.15, 0.2) is 48.5 Å². The third-order valence-electron chi connectivity index (χ3n) is 5.95. The molecule has 1 fully saturated rings. The van der Waals surface area contributed by atoms with Crippen LogP contribution >= 0.6 is 0 Å². The van der Waals surface area contributed by atoms with Crippen molar-refractivity contribution in [1.29, 1.82) is 0 Å². The van der Waals surface area contributed by atoms with Gasteiger partial charge in [-0.25, -0.2) is 0 Å². The first-order chi connectivity index (χ1) is 14.5. The summed E-state index contributed by atoms with van der Waals surface area (Å²) in [5.74, 6) is 2.02. The largest absolute Gasteiger partial charge is 0.508 e. The van der Waals surface area contributed by atoms with Gasteiger partial charge in [0.2, 0.25) is 0 Å². The van der Waals surface area contributed by atoms with E-state index in [-0.39, 0.29) is 0 Å². The molecule has 2 aromatic carbocycles. The van der Waals surface area contributed by atoms with E-state index in [0.29, 0.717) is 11.7 Å². The van der Waals surface area contributed by atoms with E-state index in [1.807, 2.05) is 30.3 Å². The monoisotopic (exact) mass is 411 g/mol. The quantitative estimate of drug-likeness (QED) is 0.646. The molecule has 0 spiro atoms. The smallest absolute Gasteiger partial charge is 0.123 e. The van der Waals surface area contributed by atoms with Crippen LogP contribution < -0.4 is 4.74 Å². The molecule has 0 aromatic heterocycles. The number of phenolic OH excluding ortho intramolecular Hbond substituents is 1. The average Bonchev–Trinajstić information content (AvgIpc) is 2.74. The molecular weight excluding hydrogens is 374 g/mol. The van der Waals surface area contributed by atoms with Crippen molar-refractivity contribution in [2.75, 3.05) is 53.9 Å². The van der Waals surface area contributed by atoms with Crippen LogP contribution in [-0.2, 0) is 13.1 Å². The fourth-order valence-electron chi connectivity index (χ4n) is 4.35. The van der Waals surface area contributed by atoms with Gasteiger partial charge in [-0.2, -0.15) is 0 Å². The van der Waals surface area contributed by atoms with Gasteiger partial charge in [-0.05, 0) is 51.5 Å². The van der Waals surface area contributed by atoms with E-state index in [2.05, 4.69) is 40.9 Å². The van der Waals surface area contributed by atoms with Gasteiger partial charge in [-0.15, -0.1) is 0 Å². The zero-order valence-corrected chi connectivity index (χ0v) is 18.8. The Morgan fingerprint density at radius 2 is 1.77 bits per heavy atom. The van der Waals surface area contributed by atoms with Gasteiger partial charge >= 0.3 is 0 Å². The van der Waals surface area contributed by atoms with Crippen LogP contribution in [0.3, 0.4) is 0 Å². The molecule has 0 saturated carbocycles. The SMILES string of the molecule is COc1ccccc1CN1CCC[C@H](CN(CCN(C)C)Cc2ccccc2O)C1. The highest BCUT2D eigenvalue weighted by molar-refractivity contribution is 5.33. The molecule has 5 nitrogen and oxygen atoms in total. The number of likely N-dealkylation sites (N-methyl/N-ethyl adjacent to an activating group) is 1. The Labute approximate surface area is 181 Å². The Bertz CT molecular complexity index is 780. The number of para-hydroxylation sites is 2. The van der Waals surface area contributed by atoms with E-state index in [9.17, 15) is 5.11 Å². The highest BCUT2D eigenvalue weighted by Gasteiger charge is 2.23. The minimum atomic E-state index is 0.397. The Kier molecular flexibility index (Phi) is 8.55. The second-order valence-corrected chi connectivity index (χ2v) is 8.72. The van der Waals surface area contributed by atoms with Crippen molar-refractivity contribution < 1.29 is 9.84 Å². The number of ether oxygens (including phenoxy) is 1. The minimum absolute atomic E-state index is 0.397. The van der Waals surface area contributed by atoms with Gasteiger partial charge in [0.05, 0.1) is 7.11 Å². The number of aromatic hydroxyl groups is 1. The number of hydrogen-bond donors (Lipinski definition) is 1. The Balaban J connectivity index is 1.62. The predicted molar refractivity (Wildman–Crippen MR) is 123 cm³/mol. The second-order valence-electron chi connectivity index (χ2n) is 8.72. The summed E-state index contributed by atoms with van der Waals surface area (Å²) in [6, 6.07) is 16.1. The Hall–Kier alpha value is -2.08. The third kappa shape index (κ3) is 6.73. The fourth-order valence-corrected chi connectivity index (χ4v) is 4.35. The van der Waals surface area contributed by atoms with Gasteiger partial charge in [-0.1, -0.05) is 36.4 Å². The Morgan fingerprint density at radius 1 is 1.03 bits per heavy atom. The number of benzene rings is 2. The molecule has 1 aliphatic heterocycles. The molecule has 0 amide bonds. The normalized spacial score (nSPS) is 17.6. The molecule has 1 atom stereocenters. The van der Waals surface area contributed by atoms with E-state index in [4.69, 9.17) is 4.74 Å². The van der Waals surface area contributed by atoms with Crippen molar-refractivity contribution in [3.63, 3.8) is 0 Å². The molecule has 1 aliphatic rings. The molecule has 30 heavy (non-hydrogen) atoms. The van der Waals surface area contributed by atoms with Gasteiger partial charge < -0.3 is 14.7 Å². The van der Waals surface area contributed by atoms with Crippen LogP contribution in [0.5, 0.6) is 11.5 Å². The average molecular weight is 412 g/mol. The van der Waals surface area contributed by atoms with Crippen LogP contribution in [-0.4, -0.2) is 73.7 Å². The second kappa shape index (κ2) is 11.3. The summed E-state index contributed by atoms with van der Waals surface area (Å²) in [7, 11) is 5.99. The van der Waals surface area contributed by atoms with Crippen LogP contribution in [0.2, 0.25) is 0 Å². The summed E-state index contributed by atoms with van der Waals surface area (Å²) < 4.78 is 5.55. The van der Waals surface area contributed by atoms with Gasteiger partial charge in [0.25, 0.3) is 0 Å². The van der Waals surface area contributed by atoms with Gasteiger partial charge in [0, 0.05) is 50.4 Å². The summed E-state index contributed by atoms with van der Waals surface area (Å²) in [6.45, 7) is 7.07. The lowest BCUT2D eigenvalue weighted by Crippen LogP contribution is -2.42. The molecule has 0 bridgehead atoms. The van der Waals surface area contributed by atoms with Gasteiger partial charge in [0.15, 0.2) is 0 Å². The van der Waals surface area contributed by atoms with Crippen molar-refractivity contribution >= 4 is 0 Å². The number of nitrogens with zero attached hydrogens (tertiary/aromatic N) is 3.